The van der Waals surface area contributed by atoms with Crippen molar-refractivity contribution in [3.8, 4) is 5.75 Å². The Labute approximate surface area is 103 Å². The molecule has 1 unspecified atom stereocenters. The summed E-state index contributed by atoms with van der Waals surface area (Å²) in [6, 6.07) is 5.62. The van der Waals surface area contributed by atoms with Crippen LogP contribution in [-0.4, -0.2) is 23.9 Å². The second kappa shape index (κ2) is 3.87. The highest BCUT2D eigenvalue weighted by molar-refractivity contribution is 6.07. The lowest BCUT2D eigenvalue weighted by Gasteiger charge is -2.05. The first kappa shape index (κ1) is 10.8. The maximum atomic E-state index is 11.7. The second-order valence-corrected chi connectivity index (χ2v) is 4.32. The first-order chi connectivity index (χ1) is 8.69. The van der Waals surface area contributed by atoms with Crippen LogP contribution in [0.3, 0.4) is 0 Å². The predicted octanol–water partition coefficient (Wildman–Crippen LogP) is 1.31. The molecule has 1 aliphatic rings. The van der Waals surface area contributed by atoms with Gasteiger partial charge in [-0.15, -0.1) is 0 Å². The molecule has 1 aliphatic heterocycles. The molecular formula is C13H12N2O3. The smallest absolute Gasteiger partial charge is 0.234 e. The summed E-state index contributed by atoms with van der Waals surface area (Å²) in [6.07, 6.45) is 2.00. The molecule has 1 fully saturated rings. The number of carbonyl (C=O) groups is 2. The predicted molar refractivity (Wildman–Crippen MR) is 65.4 cm³/mol. The van der Waals surface area contributed by atoms with Crippen LogP contribution in [0.15, 0.2) is 24.4 Å². The number of H-pyrrole nitrogens is 1. The van der Waals surface area contributed by atoms with E-state index in [1.54, 1.807) is 13.3 Å². The van der Waals surface area contributed by atoms with Crippen molar-refractivity contribution >= 4 is 22.7 Å². The first-order valence-corrected chi connectivity index (χ1v) is 5.68. The number of methoxy groups -OCH3 is 1. The number of ether oxygens (including phenoxy) is 1. The maximum Gasteiger partial charge on any atom is 0.234 e. The third kappa shape index (κ3) is 1.55. The van der Waals surface area contributed by atoms with E-state index in [4.69, 9.17) is 4.74 Å². The summed E-state index contributed by atoms with van der Waals surface area (Å²) in [5.41, 5.74) is 1.77. The average molecular weight is 244 g/mol. The molecule has 0 spiro atoms. The Kier molecular flexibility index (Phi) is 2.33. The molecule has 1 atom stereocenters. The van der Waals surface area contributed by atoms with E-state index >= 15 is 0 Å². The topological polar surface area (TPSA) is 71.2 Å². The Morgan fingerprint density at radius 3 is 2.83 bits per heavy atom. The fourth-order valence-electron chi connectivity index (χ4n) is 2.34. The van der Waals surface area contributed by atoms with Crippen LogP contribution in [0, 0.1) is 0 Å². The fourth-order valence-corrected chi connectivity index (χ4v) is 2.34. The summed E-state index contributed by atoms with van der Waals surface area (Å²) in [4.78, 5) is 26.1. The Bertz CT molecular complexity index is 645. The number of carbonyl (C=O) groups excluding carboxylic acids is 2. The van der Waals surface area contributed by atoms with Gasteiger partial charge < -0.3 is 9.72 Å². The van der Waals surface area contributed by atoms with E-state index in [1.807, 2.05) is 18.2 Å². The van der Waals surface area contributed by atoms with E-state index in [0.717, 1.165) is 22.2 Å². The number of aromatic amines is 1. The molecular weight excluding hydrogens is 232 g/mol. The van der Waals surface area contributed by atoms with Crippen molar-refractivity contribution in [1.82, 2.24) is 10.3 Å². The molecule has 5 heteroatoms. The van der Waals surface area contributed by atoms with Gasteiger partial charge in [0.25, 0.3) is 0 Å². The second-order valence-electron chi connectivity index (χ2n) is 4.32. The normalized spacial score (nSPS) is 19.3. The van der Waals surface area contributed by atoms with Gasteiger partial charge in [0.05, 0.1) is 13.0 Å². The molecule has 92 valence electrons. The van der Waals surface area contributed by atoms with E-state index < -0.39 is 5.92 Å². The highest BCUT2D eigenvalue weighted by Gasteiger charge is 2.33. The van der Waals surface area contributed by atoms with Crippen molar-refractivity contribution in [2.45, 2.75) is 12.3 Å². The van der Waals surface area contributed by atoms with Gasteiger partial charge in [-0.3, -0.25) is 14.9 Å². The standard InChI is InChI=1S/C13H12N2O3/c1-18-7-2-3-11-8(4-7)10(6-14-11)9-5-12(16)15-13(9)17/h2-4,6,9,14H,5H2,1H3,(H,15,16,17). The van der Waals surface area contributed by atoms with Gasteiger partial charge in [-0.1, -0.05) is 0 Å². The van der Waals surface area contributed by atoms with Gasteiger partial charge in [-0.05, 0) is 23.8 Å². The number of hydrogen-bond donors (Lipinski definition) is 2. The van der Waals surface area contributed by atoms with Crippen molar-refractivity contribution < 1.29 is 14.3 Å². The summed E-state index contributed by atoms with van der Waals surface area (Å²) in [5.74, 6) is -0.127. The summed E-state index contributed by atoms with van der Waals surface area (Å²) in [5, 5.41) is 3.25. The number of fused-ring (bicyclic) bond motifs is 1. The number of rotatable bonds is 2. The Morgan fingerprint density at radius 1 is 1.33 bits per heavy atom. The van der Waals surface area contributed by atoms with Crippen molar-refractivity contribution in [2.24, 2.45) is 0 Å². The van der Waals surface area contributed by atoms with Gasteiger partial charge >= 0.3 is 0 Å². The Hall–Kier alpha value is -2.30. The molecule has 2 N–H and O–H groups in total. The van der Waals surface area contributed by atoms with Crippen molar-refractivity contribution in [3.05, 3.63) is 30.0 Å². The largest absolute Gasteiger partial charge is 0.497 e. The molecule has 1 aromatic heterocycles. The molecule has 1 saturated heterocycles. The number of aromatic nitrogens is 1. The first-order valence-electron chi connectivity index (χ1n) is 5.68. The van der Waals surface area contributed by atoms with Gasteiger partial charge in [-0.25, -0.2) is 0 Å². The zero-order chi connectivity index (χ0) is 12.7. The van der Waals surface area contributed by atoms with Crippen LogP contribution in [0.25, 0.3) is 10.9 Å². The lowest BCUT2D eigenvalue weighted by atomic mass is 9.97. The van der Waals surface area contributed by atoms with Crippen LogP contribution in [0.4, 0.5) is 0 Å². The molecule has 3 rings (SSSR count). The molecule has 0 saturated carbocycles. The highest BCUT2D eigenvalue weighted by atomic mass is 16.5. The molecule has 2 amide bonds. The molecule has 1 aromatic carbocycles. The summed E-state index contributed by atoms with van der Waals surface area (Å²) < 4.78 is 5.18. The van der Waals surface area contributed by atoms with Gasteiger partial charge in [0.2, 0.25) is 11.8 Å². The molecule has 2 heterocycles. The van der Waals surface area contributed by atoms with Gasteiger partial charge in [0.15, 0.2) is 0 Å². The van der Waals surface area contributed by atoms with E-state index in [0.29, 0.717) is 0 Å². The molecule has 0 bridgehead atoms. The molecule has 18 heavy (non-hydrogen) atoms. The summed E-state index contributed by atoms with van der Waals surface area (Å²) in [6.45, 7) is 0. The Morgan fingerprint density at radius 2 is 2.17 bits per heavy atom. The minimum absolute atomic E-state index is 0.211. The number of hydrogen-bond acceptors (Lipinski definition) is 3. The third-order valence-corrected chi connectivity index (χ3v) is 3.26. The molecule has 5 nitrogen and oxygen atoms in total. The summed E-state index contributed by atoms with van der Waals surface area (Å²) >= 11 is 0. The van der Waals surface area contributed by atoms with Gasteiger partial charge in [0, 0.05) is 23.5 Å². The number of benzene rings is 1. The van der Waals surface area contributed by atoms with Crippen LogP contribution in [0.2, 0.25) is 0 Å². The van der Waals surface area contributed by atoms with Crippen LogP contribution in [-0.2, 0) is 9.59 Å². The van der Waals surface area contributed by atoms with E-state index in [2.05, 4.69) is 10.3 Å². The van der Waals surface area contributed by atoms with Crippen molar-refractivity contribution in [2.75, 3.05) is 7.11 Å². The van der Waals surface area contributed by atoms with Crippen LogP contribution in [0.1, 0.15) is 17.9 Å². The minimum atomic E-state index is -0.404. The van der Waals surface area contributed by atoms with Crippen LogP contribution in [0.5, 0.6) is 5.75 Å². The average Bonchev–Trinajstić information content (AvgIpc) is 2.91. The third-order valence-electron chi connectivity index (χ3n) is 3.26. The molecule has 2 aromatic rings. The SMILES string of the molecule is COc1ccc2[nH]cc(C3CC(=O)NC3=O)c2c1. The van der Waals surface area contributed by atoms with Crippen LogP contribution < -0.4 is 10.1 Å². The quantitative estimate of drug-likeness (QED) is 0.782. The molecule has 0 aliphatic carbocycles. The van der Waals surface area contributed by atoms with E-state index in [9.17, 15) is 9.59 Å². The van der Waals surface area contributed by atoms with Gasteiger partial charge in [-0.2, -0.15) is 0 Å². The van der Waals surface area contributed by atoms with E-state index in [1.165, 1.54) is 0 Å². The van der Waals surface area contributed by atoms with Crippen molar-refractivity contribution in [1.29, 1.82) is 0 Å². The fraction of sp³-hybridized carbons (Fsp3) is 0.231. The maximum absolute atomic E-state index is 11.7. The zero-order valence-corrected chi connectivity index (χ0v) is 9.82. The number of amides is 2. The van der Waals surface area contributed by atoms with Crippen LogP contribution >= 0.6 is 0 Å². The lowest BCUT2D eigenvalue weighted by Crippen LogP contribution is -2.21. The summed E-state index contributed by atoms with van der Waals surface area (Å²) in [7, 11) is 1.60. The van der Waals surface area contributed by atoms with E-state index in [-0.39, 0.29) is 18.2 Å². The van der Waals surface area contributed by atoms with Gasteiger partial charge in [0.1, 0.15) is 5.75 Å². The van der Waals surface area contributed by atoms with Crippen molar-refractivity contribution in [3.63, 3.8) is 0 Å². The highest BCUT2D eigenvalue weighted by Crippen LogP contribution is 2.32. The molecule has 0 radical (unpaired) electrons. The minimum Gasteiger partial charge on any atom is -0.497 e. The number of nitrogens with one attached hydrogen (secondary N) is 2. The monoisotopic (exact) mass is 244 g/mol. The number of imide groups is 1. The zero-order valence-electron chi connectivity index (χ0n) is 9.82. The Balaban J connectivity index is 2.11. The lowest BCUT2D eigenvalue weighted by molar-refractivity contribution is -0.125.